The Kier molecular flexibility index (Phi) is 3.61. The molecule has 7 heteroatoms. The van der Waals surface area contributed by atoms with Gasteiger partial charge in [-0.3, -0.25) is 4.57 Å². The molecule has 1 aromatic carbocycles. The van der Waals surface area contributed by atoms with Gasteiger partial charge in [-0.2, -0.15) is 0 Å². The third-order valence-corrected chi connectivity index (χ3v) is 5.43. The van der Waals surface area contributed by atoms with E-state index in [4.69, 9.17) is 9.47 Å². The van der Waals surface area contributed by atoms with Gasteiger partial charge in [0, 0.05) is 31.1 Å². The van der Waals surface area contributed by atoms with Crippen molar-refractivity contribution < 1.29 is 14.3 Å². The normalized spacial score (nSPS) is 18.8. The lowest BCUT2D eigenvalue weighted by Crippen LogP contribution is -2.47. The van der Waals surface area contributed by atoms with Crippen molar-refractivity contribution >= 4 is 17.1 Å². The topological polar surface area (TPSA) is 76.6 Å². The lowest BCUT2D eigenvalue weighted by Gasteiger charge is -2.39. The van der Waals surface area contributed by atoms with E-state index in [-0.39, 0.29) is 17.2 Å². The van der Waals surface area contributed by atoms with E-state index >= 15 is 0 Å². The van der Waals surface area contributed by atoms with E-state index in [1.807, 2.05) is 32.9 Å². The first-order valence-corrected chi connectivity index (χ1v) is 9.03. The van der Waals surface area contributed by atoms with Crippen molar-refractivity contribution in [1.82, 2.24) is 14.5 Å². The van der Waals surface area contributed by atoms with Gasteiger partial charge in [0.1, 0.15) is 11.4 Å². The van der Waals surface area contributed by atoms with Crippen LogP contribution in [0.4, 0.5) is 4.79 Å². The first-order chi connectivity index (χ1) is 12.2. The molecule has 7 nitrogen and oxygen atoms in total. The highest BCUT2D eigenvalue weighted by Crippen LogP contribution is 2.48. The average molecular weight is 359 g/mol. The van der Waals surface area contributed by atoms with Crippen LogP contribution >= 0.6 is 0 Å². The molecule has 1 amide bonds. The van der Waals surface area contributed by atoms with Gasteiger partial charge in [-0.05, 0) is 45.7 Å². The van der Waals surface area contributed by atoms with Crippen LogP contribution < -0.4 is 10.4 Å². The van der Waals surface area contributed by atoms with E-state index in [2.05, 4.69) is 4.98 Å². The molecule has 0 aliphatic carbocycles. The molecule has 0 atom stereocenters. The van der Waals surface area contributed by atoms with Crippen LogP contribution in [0.15, 0.2) is 16.9 Å². The Bertz CT molecular complexity index is 927. The number of hydrogen-bond donors (Lipinski definition) is 1. The summed E-state index contributed by atoms with van der Waals surface area (Å²) in [7, 11) is 1.78. The number of amides is 1. The molecule has 0 saturated carbocycles. The number of carbonyl (C=O) groups is 1. The lowest BCUT2D eigenvalue weighted by atomic mass is 9.74. The Hall–Kier alpha value is -2.44. The Morgan fingerprint density at radius 3 is 2.62 bits per heavy atom. The molecular formula is C19H25N3O4. The number of aromatic nitrogens is 2. The number of benzene rings is 1. The minimum Gasteiger partial charge on any atom is -0.492 e. The van der Waals surface area contributed by atoms with Gasteiger partial charge < -0.3 is 19.4 Å². The second-order valence-electron chi connectivity index (χ2n) is 8.36. The molecular weight excluding hydrogens is 334 g/mol. The highest BCUT2D eigenvalue weighted by molar-refractivity contribution is 5.84. The van der Waals surface area contributed by atoms with E-state index in [1.165, 1.54) is 0 Å². The number of aryl methyl sites for hydroxylation is 1. The number of nitrogens with zero attached hydrogens (tertiary/aromatic N) is 2. The molecule has 0 bridgehead atoms. The molecule has 1 fully saturated rings. The quantitative estimate of drug-likeness (QED) is 0.784. The first kappa shape index (κ1) is 17.0. The summed E-state index contributed by atoms with van der Waals surface area (Å²) >= 11 is 0. The third kappa shape index (κ3) is 2.57. The van der Waals surface area contributed by atoms with Gasteiger partial charge >= 0.3 is 11.8 Å². The molecule has 26 heavy (non-hydrogen) atoms. The summed E-state index contributed by atoms with van der Waals surface area (Å²) < 4.78 is 13.1. The van der Waals surface area contributed by atoms with Crippen molar-refractivity contribution in [2.45, 2.75) is 44.6 Å². The van der Waals surface area contributed by atoms with Crippen LogP contribution in [0.25, 0.3) is 11.0 Å². The van der Waals surface area contributed by atoms with Crippen molar-refractivity contribution in [3.8, 4) is 5.75 Å². The number of nitrogens with one attached hydrogen (secondary N) is 1. The largest absolute Gasteiger partial charge is 0.492 e. The number of rotatable bonds is 0. The van der Waals surface area contributed by atoms with E-state index in [0.29, 0.717) is 19.7 Å². The van der Waals surface area contributed by atoms with E-state index in [9.17, 15) is 9.59 Å². The third-order valence-electron chi connectivity index (χ3n) is 5.43. The summed E-state index contributed by atoms with van der Waals surface area (Å²) in [6.45, 7) is 7.45. The monoisotopic (exact) mass is 359 g/mol. The highest BCUT2D eigenvalue weighted by Gasteiger charge is 2.46. The minimum atomic E-state index is -0.495. The van der Waals surface area contributed by atoms with Crippen LogP contribution in [0.2, 0.25) is 0 Å². The van der Waals surface area contributed by atoms with Crippen LogP contribution in [0.3, 0.4) is 0 Å². The fourth-order valence-corrected chi connectivity index (χ4v) is 4.08. The number of likely N-dealkylation sites (tertiary alicyclic amines) is 1. The molecule has 3 heterocycles. The fourth-order valence-electron chi connectivity index (χ4n) is 4.08. The van der Waals surface area contributed by atoms with Crippen molar-refractivity contribution in [2.24, 2.45) is 7.05 Å². The number of aromatic amines is 1. The van der Waals surface area contributed by atoms with Gasteiger partial charge in [0.05, 0.1) is 17.6 Å². The first-order valence-electron chi connectivity index (χ1n) is 9.03. The molecule has 0 radical (unpaired) electrons. The average Bonchev–Trinajstić information content (AvgIpc) is 3.05. The number of imidazole rings is 1. The number of fused-ring (bicyclic) bond motifs is 4. The highest BCUT2D eigenvalue weighted by atomic mass is 16.6. The number of piperidine rings is 1. The van der Waals surface area contributed by atoms with E-state index in [0.717, 1.165) is 35.2 Å². The van der Waals surface area contributed by atoms with Gasteiger partial charge in [0.2, 0.25) is 0 Å². The summed E-state index contributed by atoms with van der Waals surface area (Å²) in [6.07, 6.45) is 1.31. The smallest absolute Gasteiger partial charge is 0.410 e. The summed E-state index contributed by atoms with van der Waals surface area (Å²) in [5.41, 5.74) is 2.05. The van der Waals surface area contributed by atoms with Crippen molar-refractivity contribution in [3.05, 3.63) is 28.2 Å². The van der Waals surface area contributed by atoms with Crippen molar-refractivity contribution in [2.75, 3.05) is 19.7 Å². The SMILES string of the molecule is Cn1c(=O)[nH]c2ccc3c(c21)C1(CCN(C(=O)OC(C)(C)C)CC1)CO3. The van der Waals surface area contributed by atoms with Crippen molar-refractivity contribution in [3.63, 3.8) is 0 Å². The molecule has 1 saturated heterocycles. The molecule has 0 unspecified atom stereocenters. The van der Waals surface area contributed by atoms with Crippen LogP contribution in [-0.4, -0.2) is 45.8 Å². The Morgan fingerprint density at radius 2 is 1.96 bits per heavy atom. The van der Waals surface area contributed by atoms with Gasteiger partial charge in [0.15, 0.2) is 0 Å². The maximum absolute atomic E-state index is 12.4. The molecule has 140 valence electrons. The standard InChI is InChI=1S/C19H25N3O4/c1-18(2,3)26-17(24)22-9-7-19(8-10-22)11-25-13-6-5-12-15(14(13)19)21(4)16(23)20-12/h5-6H,7-11H2,1-4H3,(H,20,23). The number of carbonyl (C=O) groups excluding carboxylic acids is 1. The van der Waals surface area contributed by atoms with Crippen LogP contribution in [-0.2, 0) is 17.2 Å². The predicted molar refractivity (Wildman–Crippen MR) is 97.8 cm³/mol. The zero-order valence-electron chi connectivity index (χ0n) is 15.7. The predicted octanol–water partition coefficient (Wildman–Crippen LogP) is 2.53. The second kappa shape index (κ2) is 5.53. The van der Waals surface area contributed by atoms with Gasteiger partial charge in [-0.1, -0.05) is 0 Å². The number of ether oxygens (including phenoxy) is 2. The van der Waals surface area contributed by atoms with Crippen LogP contribution in [0.5, 0.6) is 5.75 Å². The maximum atomic E-state index is 12.4. The Labute approximate surface area is 151 Å². The van der Waals surface area contributed by atoms with Crippen molar-refractivity contribution in [1.29, 1.82) is 0 Å². The second-order valence-corrected chi connectivity index (χ2v) is 8.36. The zero-order valence-corrected chi connectivity index (χ0v) is 15.7. The fraction of sp³-hybridized carbons (Fsp3) is 0.579. The molecule has 1 spiro atoms. The maximum Gasteiger partial charge on any atom is 0.410 e. The number of hydrogen-bond acceptors (Lipinski definition) is 4. The summed E-state index contributed by atoms with van der Waals surface area (Å²) in [6, 6.07) is 3.83. The zero-order chi connectivity index (χ0) is 18.7. The van der Waals surface area contributed by atoms with Gasteiger partial charge in [-0.15, -0.1) is 0 Å². The van der Waals surface area contributed by atoms with E-state index < -0.39 is 5.60 Å². The Morgan fingerprint density at radius 1 is 1.27 bits per heavy atom. The summed E-state index contributed by atoms with van der Waals surface area (Å²) in [5.74, 6) is 0.845. The molecule has 4 rings (SSSR count). The molecule has 2 aliphatic rings. The molecule has 1 N–H and O–H groups in total. The van der Waals surface area contributed by atoms with Gasteiger partial charge in [0.25, 0.3) is 0 Å². The molecule has 2 aliphatic heterocycles. The minimum absolute atomic E-state index is 0.123. The number of H-pyrrole nitrogens is 1. The summed E-state index contributed by atoms with van der Waals surface area (Å²) in [4.78, 5) is 29.1. The van der Waals surface area contributed by atoms with Gasteiger partial charge in [-0.25, -0.2) is 9.59 Å². The summed E-state index contributed by atoms with van der Waals surface area (Å²) in [5, 5.41) is 0. The van der Waals surface area contributed by atoms with Crippen LogP contribution in [0, 0.1) is 0 Å². The molecule has 1 aromatic heterocycles. The molecule has 2 aromatic rings. The van der Waals surface area contributed by atoms with Crippen LogP contribution in [0.1, 0.15) is 39.2 Å². The Balaban J connectivity index is 1.64. The lowest BCUT2D eigenvalue weighted by molar-refractivity contribution is 0.0153. The van der Waals surface area contributed by atoms with E-state index in [1.54, 1.807) is 16.5 Å².